The third-order valence-corrected chi connectivity index (χ3v) is 7.10. The van der Waals surface area contributed by atoms with Crippen LogP contribution >= 0.6 is 0 Å². The van der Waals surface area contributed by atoms with E-state index in [-0.39, 0.29) is 11.9 Å². The van der Waals surface area contributed by atoms with E-state index in [0.29, 0.717) is 17.7 Å². The van der Waals surface area contributed by atoms with Crippen LogP contribution in [0.15, 0.2) is 82.9 Å². The smallest absolute Gasteiger partial charge is 0.337 e. The van der Waals surface area contributed by atoms with Gasteiger partial charge in [0.1, 0.15) is 29.0 Å². The lowest BCUT2D eigenvalue weighted by atomic mass is 10.2. The normalized spacial score (nSPS) is 12.9. The summed E-state index contributed by atoms with van der Waals surface area (Å²) in [5, 5.41) is 6.88. The molecular formula is C32H33FN8O4. The number of hydrogen-bond donors (Lipinski definition) is 2. The Bertz CT molecular complexity index is 1900. The molecule has 0 bridgehead atoms. The van der Waals surface area contributed by atoms with Crippen molar-refractivity contribution in [1.82, 2.24) is 29.4 Å². The van der Waals surface area contributed by atoms with Crippen LogP contribution in [0, 0.1) is 12.7 Å². The fourth-order valence-electron chi connectivity index (χ4n) is 4.75. The van der Waals surface area contributed by atoms with Crippen LogP contribution in [0.1, 0.15) is 25.5 Å². The highest BCUT2D eigenvalue weighted by Gasteiger charge is 2.15. The summed E-state index contributed by atoms with van der Waals surface area (Å²) in [5.41, 5.74) is 1.02. The number of nitrogens with one attached hydrogen (secondary N) is 2. The molecule has 12 nitrogen and oxygen atoms in total. The average Bonchev–Trinajstić information content (AvgIpc) is 3.05. The molecule has 1 saturated heterocycles. The van der Waals surface area contributed by atoms with Crippen molar-refractivity contribution in [2.45, 2.75) is 26.8 Å². The first-order valence-electron chi connectivity index (χ1n) is 14.4. The molecule has 0 spiro atoms. The third-order valence-electron chi connectivity index (χ3n) is 7.10. The number of pyridine rings is 3. The van der Waals surface area contributed by atoms with Gasteiger partial charge in [-0.15, -0.1) is 0 Å². The molecule has 0 aliphatic carbocycles. The average molecular weight is 613 g/mol. The van der Waals surface area contributed by atoms with Crippen LogP contribution in [0.3, 0.4) is 0 Å². The van der Waals surface area contributed by atoms with E-state index in [1.165, 1.54) is 16.8 Å². The van der Waals surface area contributed by atoms with Gasteiger partial charge in [0.2, 0.25) is 6.41 Å². The number of hydrogen-bond acceptors (Lipinski definition) is 9. The predicted octanol–water partition coefficient (Wildman–Crippen LogP) is 3.82. The SMILES string of the molecule is Cc1cn(C(C)C)c(=O)n(-c2ccc(F)cn2)c1=O.O=CNc1ccc(Oc2ccnc3cnc(N4CCNCC4)cc23)cc1. The van der Waals surface area contributed by atoms with Gasteiger partial charge in [-0.2, -0.15) is 0 Å². The van der Waals surface area contributed by atoms with Gasteiger partial charge in [-0.05, 0) is 69.3 Å². The molecule has 1 aliphatic rings. The van der Waals surface area contributed by atoms with Crippen LogP contribution < -0.4 is 31.5 Å². The number of halogens is 1. The van der Waals surface area contributed by atoms with Crippen molar-refractivity contribution in [3.63, 3.8) is 0 Å². The summed E-state index contributed by atoms with van der Waals surface area (Å²) in [7, 11) is 0. The summed E-state index contributed by atoms with van der Waals surface area (Å²) >= 11 is 0. The van der Waals surface area contributed by atoms with Crippen molar-refractivity contribution in [3.8, 4) is 17.3 Å². The number of nitrogens with zero attached hydrogens (tertiary/aromatic N) is 6. The van der Waals surface area contributed by atoms with Crippen LogP contribution in [-0.2, 0) is 4.79 Å². The minimum absolute atomic E-state index is 0.0847. The number of rotatable bonds is 7. The van der Waals surface area contributed by atoms with Gasteiger partial charge < -0.3 is 20.3 Å². The molecule has 5 heterocycles. The zero-order valence-electron chi connectivity index (χ0n) is 25.1. The molecule has 2 N–H and O–H groups in total. The second-order valence-electron chi connectivity index (χ2n) is 10.6. The van der Waals surface area contributed by atoms with Crippen LogP contribution in [0.4, 0.5) is 15.9 Å². The van der Waals surface area contributed by atoms with Crippen LogP contribution in [0.25, 0.3) is 16.7 Å². The Labute approximate surface area is 258 Å². The molecule has 6 rings (SSSR count). The van der Waals surface area contributed by atoms with E-state index in [2.05, 4.69) is 30.5 Å². The molecule has 0 saturated carbocycles. The number of carbonyl (C=O) groups is 1. The number of carbonyl (C=O) groups excluding carboxylic acids is 1. The van der Waals surface area contributed by atoms with Crippen molar-refractivity contribution in [1.29, 1.82) is 0 Å². The number of benzene rings is 1. The van der Waals surface area contributed by atoms with Gasteiger partial charge >= 0.3 is 5.69 Å². The van der Waals surface area contributed by atoms with Gasteiger partial charge in [0, 0.05) is 61.3 Å². The molecular weight excluding hydrogens is 579 g/mol. The fourth-order valence-corrected chi connectivity index (χ4v) is 4.75. The minimum Gasteiger partial charge on any atom is -0.457 e. The highest BCUT2D eigenvalue weighted by Crippen LogP contribution is 2.31. The molecule has 5 aromatic rings. The zero-order valence-corrected chi connectivity index (χ0v) is 25.1. The van der Waals surface area contributed by atoms with E-state index in [4.69, 9.17) is 4.74 Å². The van der Waals surface area contributed by atoms with E-state index < -0.39 is 17.1 Å². The Morgan fingerprint density at radius 2 is 1.71 bits per heavy atom. The van der Waals surface area contributed by atoms with E-state index in [1.807, 2.05) is 38.1 Å². The van der Waals surface area contributed by atoms with Gasteiger partial charge in [-0.1, -0.05) is 0 Å². The summed E-state index contributed by atoms with van der Waals surface area (Å²) in [5.74, 6) is 1.95. The van der Waals surface area contributed by atoms with Crippen LogP contribution in [0.5, 0.6) is 11.5 Å². The number of aromatic nitrogens is 5. The van der Waals surface area contributed by atoms with E-state index in [0.717, 1.165) is 71.2 Å². The Morgan fingerprint density at radius 1 is 0.978 bits per heavy atom. The van der Waals surface area contributed by atoms with Crippen molar-refractivity contribution in [2.75, 3.05) is 36.4 Å². The molecule has 45 heavy (non-hydrogen) atoms. The second kappa shape index (κ2) is 13.9. The summed E-state index contributed by atoms with van der Waals surface area (Å²) < 4.78 is 21.3. The Morgan fingerprint density at radius 3 is 2.38 bits per heavy atom. The summed E-state index contributed by atoms with van der Waals surface area (Å²) in [6, 6.07) is 13.5. The topological polar surface area (TPSA) is 136 Å². The maximum Gasteiger partial charge on any atom is 0.337 e. The summed E-state index contributed by atoms with van der Waals surface area (Å²) in [4.78, 5) is 49.8. The molecule has 232 valence electrons. The van der Waals surface area contributed by atoms with Gasteiger partial charge in [-0.3, -0.25) is 19.1 Å². The first kappa shape index (κ1) is 31.0. The molecule has 13 heteroatoms. The molecule has 1 amide bonds. The molecule has 0 atom stereocenters. The van der Waals surface area contributed by atoms with Crippen LogP contribution in [-0.4, -0.2) is 56.7 Å². The first-order chi connectivity index (χ1) is 21.7. The highest BCUT2D eigenvalue weighted by molar-refractivity contribution is 5.86. The standard InChI is InChI=1S/C19H19N5O2.C13H14FN3O2/c25-13-23-14-1-3-15(4-2-14)26-18-5-6-21-17-12-22-19(11-16(17)18)24-9-7-20-8-10-24;1-8(2)16-7-9(3)12(18)17(13(16)19)11-5-4-10(14)6-15-11/h1-6,11-13,20H,7-10H2,(H,23,25);4-8H,1-3H3. The number of piperazine rings is 1. The van der Waals surface area contributed by atoms with Crippen molar-refractivity contribution in [2.24, 2.45) is 0 Å². The number of aryl methyl sites for hydroxylation is 1. The van der Waals surface area contributed by atoms with Crippen molar-refractivity contribution < 1.29 is 13.9 Å². The lowest BCUT2D eigenvalue weighted by molar-refractivity contribution is -0.105. The van der Waals surface area contributed by atoms with Gasteiger partial charge in [0.25, 0.3) is 5.56 Å². The third kappa shape index (κ3) is 7.21. The predicted molar refractivity (Wildman–Crippen MR) is 170 cm³/mol. The minimum atomic E-state index is -0.520. The monoisotopic (exact) mass is 612 g/mol. The molecule has 0 radical (unpaired) electrons. The number of fused-ring (bicyclic) bond motifs is 1. The van der Waals surface area contributed by atoms with Gasteiger partial charge in [0.05, 0.1) is 17.9 Å². The molecule has 1 aliphatic heterocycles. The van der Waals surface area contributed by atoms with Crippen molar-refractivity contribution in [3.05, 3.63) is 106 Å². The van der Waals surface area contributed by atoms with Gasteiger partial charge in [0.15, 0.2) is 0 Å². The van der Waals surface area contributed by atoms with E-state index in [1.54, 1.807) is 31.5 Å². The van der Waals surface area contributed by atoms with Crippen LogP contribution in [0.2, 0.25) is 0 Å². The first-order valence-corrected chi connectivity index (χ1v) is 14.4. The van der Waals surface area contributed by atoms with E-state index in [9.17, 15) is 18.8 Å². The molecule has 1 aromatic carbocycles. The lowest BCUT2D eigenvalue weighted by Gasteiger charge is -2.28. The summed E-state index contributed by atoms with van der Waals surface area (Å²) in [6.45, 7) is 9.08. The van der Waals surface area contributed by atoms with E-state index >= 15 is 0 Å². The summed E-state index contributed by atoms with van der Waals surface area (Å²) in [6.07, 6.45) is 6.65. The Kier molecular flexibility index (Phi) is 9.58. The number of ether oxygens (including phenoxy) is 1. The lowest BCUT2D eigenvalue weighted by Crippen LogP contribution is -2.43. The largest absolute Gasteiger partial charge is 0.457 e. The second-order valence-corrected chi connectivity index (χ2v) is 10.6. The Balaban J connectivity index is 0.000000187. The number of anilines is 2. The van der Waals surface area contributed by atoms with Crippen molar-refractivity contribution >= 4 is 28.8 Å². The molecule has 1 fully saturated rings. The molecule has 0 unspecified atom stereocenters. The highest BCUT2D eigenvalue weighted by atomic mass is 19.1. The fraction of sp³-hybridized carbons (Fsp3) is 0.250. The molecule has 4 aromatic heterocycles. The maximum absolute atomic E-state index is 12.9. The Hall–Kier alpha value is -5.43. The quantitative estimate of drug-likeness (QED) is 0.263. The van der Waals surface area contributed by atoms with Gasteiger partial charge in [-0.25, -0.2) is 23.7 Å². The maximum atomic E-state index is 12.9. The number of amides is 1. The zero-order chi connectivity index (χ0) is 31.9.